The number of nitrogens with one attached hydrogen (secondary N) is 2. The van der Waals surface area contributed by atoms with Crippen molar-refractivity contribution in [1.82, 2.24) is 10.3 Å². The number of Topliss-reactive ketones (excluding diaryl/α,β-unsaturated/α-hetero) is 1. The number of nitriles is 1. The Balaban J connectivity index is 1.50. The largest absolute Gasteiger partial charge is 0.433 e. The van der Waals surface area contributed by atoms with Crippen molar-refractivity contribution < 1.29 is 22.8 Å². The van der Waals surface area contributed by atoms with Crippen molar-refractivity contribution in [3.8, 4) is 6.07 Å². The number of carbonyl (C=O) groups excluding carboxylic acids is 2. The van der Waals surface area contributed by atoms with Crippen molar-refractivity contribution in [2.75, 3.05) is 30.4 Å². The van der Waals surface area contributed by atoms with Crippen molar-refractivity contribution >= 4 is 28.8 Å². The van der Waals surface area contributed by atoms with Crippen molar-refractivity contribution in [2.24, 2.45) is 11.3 Å². The van der Waals surface area contributed by atoms with Crippen molar-refractivity contribution in [1.29, 1.82) is 5.26 Å². The van der Waals surface area contributed by atoms with Gasteiger partial charge in [-0.2, -0.15) is 18.4 Å². The summed E-state index contributed by atoms with van der Waals surface area (Å²) in [4.78, 5) is 30.7. The maximum atomic E-state index is 13.6. The monoisotopic (exact) mass is 525 g/mol. The second-order valence-corrected chi connectivity index (χ2v) is 9.74. The summed E-state index contributed by atoms with van der Waals surface area (Å²) >= 11 is 0. The highest BCUT2D eigenvalue weighted by molar-refractivity contribution is 6.02. The molecule has 1 aromatic carbocycles. The lowest BCUT2D eigenvalue weighted by molar-refractivity contribution is -0.141. The van der Waals surface area contributed by atoms with E-state index >= 15 is 0 Å². The zero-order valence-electron chi connectivity index (χ0n) is 21.4. The van der Waals surface area contributed by atoms with Crippen LogP contribution in [-0.4, -0.2) is 36.8 Å². The number of pyridine rings is 1. The average molecular weight is 526 g/mol. The van der Waals surface area contributed by atoms with E-state index in [4.69, 9.17) is 0 Å². The zero-order chi connectivity index (χ0) is 27.5. The lowest BCUT2D eigenvalue weighted by Crippen LogP contribution is -2.35. The lowest BCUT2D eigenvalue weighted by atomic mass is 9.83. The van der Waals surface area contributed by atoms with Gasteiger partial charge < -0.3 is 15.5 Å². The number of alkyl halides is 3. The van der Waals surface area contributed by atoms with Gasteiger partial charge in [-0.25, -0.2) is 4.98 Å². The Bertz CT molecular complexity index is 1300. The van der Waals surface area contributed by atoms with E-state index < -0.39 is 23.2 Å². The first kappa shape index (κ1) is 27.2. The van der Waals surface area contributed by atoms with Crippen molar-refractivity contribution in [2.45, 2.75) is 45.2 Å². The number of aromatic nitrogens is 1. The zero-order valence-corrected chi connectivity index (χ0v) is 21.4. The summed E-state index contributed by atoms with van der Waals surface area (Å²) in [5.41, 5.74) is 0.520. The third-order valence-electron chi connectivity index (χ3n) is 7.11. The fourth-order valence-corrected chi connectivity index (χ4v) is 4.97. The first-order chi connectivity index (χ1) is 18.1. The summed E-state index contributed by atoms with van der Waals surface area (Å²) < 4.78 is 40.9. The Morgan fingerprint density at radius 1 is 1.29 bits per heavy atom. The molecule has 10 heteroatoms. The maximum absolute atomic E-state index is 13.6. The third kappa shape index (κ3) is 5.67. The van der Waals surface area contributed by atoms with Crippen LogP contribution in [0.1, 0.15) is 49.4 Å². The summed E-state index contributed by atoms with van der Waals surface area (Å²) in [7, 11) is 1.81. The number of anilines is 2. The van der Waals surface area contributed by atoms with Crippen LogP contribution in [0.5, 0.6) is 0 Å². The SMILES string of the molecule is CC/C(=C\NC)c1cccc(CC(=O)CNc2cc(N3CCC(C#N)(C4CC4)C3=O)cc(C(F)(F)F)n2)c1. The molecule has 1 aliphatic carbocycles. The van der Waals surface area contributed by atoms with Gasteiger partial charge in [0.25, 0.3) is 0 Å². The Morgan fingerprint density at radius 3 is 2.68 bits per heavy atom. The van der Waals surface area contributed by atoms with Crippen LogP contribution in [0.2, 0.25) is 0 Å². The number of allylic oxidation sites excluding steroid dienone is 1. The highest BCUT2D eigenvalue weighted by Crippen LogP contribution is 2.52. The van der Waals surface area contributed by atoms with Gasteiger partial charge in [0.2, 0.25) is 5.91 Å². The number of carbonyl (C=O) groups is 2. The van der Waals surface area contributed by atoms with Crippen LogP contribution in [0.25, 0.3) is 5.57 Å². The maximum Gasteiger partial charge on any atom is 0.433 e. The molecule has 2 fully saturated rings. The fourth-order valence-electron chi connectivity index (χ4n) is 4.97. The van der Waals surface area contributed by atoms with Gasteiger partial charge in [-0.05, 0) is 60.6 Å². The van der Waals surface area contributed by atoms with E-state index in [0.29, 0.717) is 0 Å². The van der Waals surface area contributed by atoms with Crippen LogP contribution < -0.4 is 15.5 Å². The molecule has 1 atom stereocenters. The number of benzene rings is 1. The van der Waals surface area contributed by atoms with Gasteiger partial charge in [0.05, 0.1) is 12.6 Å². The summed E-state index contributed by atoms with van der Waals surface area (Å²) in [5, 5.41) is 15.4. The summed E-state index contributed by atoms with van der Waals surface area (Å²) in [6, 6.07) is 11.9. The lowest BCUT2D eigenvalue weighted by Gasteiger charge is -2.22. The quantitative estimate of drug-likeness (QED) is 0.456. The minimum atomic E-state index is -4.75. The van der Waals surface area contributed by atoms with E-state index in [1.807, 2.05) is 44.4 Å². The van der Waals surface area contributed by atoms with E-state index in [0.717, 1.165) is 42.0 Å². The molecule has 1 saturated carbocycles. The van der Waals surface area contributed by atoms with E-state index in [9.17, 15) is 28.0 Å². The normalized spacial score (nSPS) is 19.8. The number of amides is 1. The number of hydrogen-bond acceptors (Lipinski definition) is 6. The number of nitrogens with zero attached hydrogens (tertiary/aromatic N) is 3. The highest BCUT2D eigenvalue weighted by Gasteiger charge is 2.57. The topological polar surface area (TPSA) is 98.1 Å². The molecule has 2 N–H and O–H groups in total. The first-order valence-corrected chi connectivity index (χ1v) is 12.6. The second-order valence-electron chi connectivity index (χ2n) is 9.74. The van der Waals surface area contributed by atoms with Crippen LogP contribution >= 0.6 is 0 Å². The smallest absolute Gasteiger partial charge is 0.394 e. The number of ketones is 1. The molecule has 1 saturated heterocycles. The molecule has 200 valence electrons. The van der Waals surface area contributed by atoms with Gasteiger partial charge in [-0.3, -0.25) is 9.59 Å². The Hall–Kier alpha value is -3.87. The Morgan fingerprint density at radius 2 is 2.05 bits per heavy atom. The van der Waals surface area contributed by atoms with Gasteiger partial charge >= 0.3 is 6.18 Å². The van der Waals surface area contributed by atoms with Gasteiger partial charge in [0, 0.05) is 31.8 Å². The predicted molar refractivity (Wildman–Crippen MR) is 138 cm³/mol. The molecule has 4 rings (SSSR count). The Kier molecular flexibility index (Phi) is 7.76. The standard InChI is InChI=1S/C28H30F3N5O2/c1-3-19(15-33-2)20-6-4-5-18(11-20)12-23(37)16-34-25-14-22(13-24(35-25)28(29,30)31)36-10-9-27(17-32,26(36)38)21-7-8-21/h4-6,11,13-15,21,33H,3,7-10,12,16H2,1-2H3,(H,34,35)/b19-15+. The van der Waals surface area contributed by atoms with E-state index in [-0.39, 0.29) is 49.1 Å². The van der Waals surface area contributed by atoms with Crippen LogP contribution in [0.4, 0.5) is 24.7 Å². The molecule has 38 heavy (non-hydrogen) atoms. The minimum Gasteiger partial charge on any atom is -0.394 e. The van der Waals surface area contributed by atoms with Gasteiger partial charge in [0.1, 0.15) is 16.9 Å². The predicted octanol–water partition coefficient (Wildman–Crippen LogP) is 4.95. The molecule has 0 spiro atoms. The number of hydrogen-bond donors (Lipinski definition) is 2. The number of halogens is 3. The van der Waals surface area contributed by atoms with Gasteiger partial charge in [0.15, 0.2) is 5.78 Å². The molecule has 1 unspecified atom stereocenters. The molecular formula is C28H30F3N5O2. The third-order valence-corrected chi connectivity index (χ3v) is 7.11. The van der Waals surface area contributed by atoms with Crippen LogP contribution in [-0.2, 0) is 22.2 Å². The van der Waals surface area contributed by atoms with Crippen LogP contribution in [0, 0.1) is 22.7 Å². The molecular weight excluding hydrogens is 495 g/mol. The molecule has 2 heterocycles. The number of rotatable bonds is 10. The van der Waals surface area contributed by atoms with Crippen LogP contribution in [0.15, 0.2) is 42.6 Å². The molecule has 0 radical (unpaired) electrons. The molecule has 2 aromatic rings. The van der Waals surface area contributed by atoms with Crippen molar-refractivity contribution in [3.05, 3.63) is 59.4 Å². The van der Waals surface area contributed by atoms with Gasteiger partial charge in [-0.15, -0.1) is 0 Å². The van der Waals surface area contributed by atoms with E-state index in [1.165, 1.54) is 11.0 Å². The summed E-state index contributed by atoms with van der Waals surface area (Å²) in [6.45, 7) is 1.95. The summed E-state index contributed by atoms with van der Waals surface area (Å²) in [6.07, 6.45) is -0.142. The average Bonchev–Trinajstić information content (AvgIpc) is 3.69. The minimum absolute atomic E-state index is 0.0150. The summed E-state index contributed by atoms with van der Waals surface area (Å²) in [5.74, 6) is -0.906. The molecule has 1 amide bonds. The fraction of sp³-hybridized carbons (Fsp3) is 0.429. The molecule has 1 aliphatic heterocycles. The highest BCUT2D eigenvalue weighted by atomic mass is 19.4. The molecule has 2 aliphatic rings. The Labute approximate surface area is 219 Å². The van der Waals surface area contributed by atoms with Crippen LogP contribution in [0.3, 0.4) is 0 Å². The molecule has 7 nitrogen and oxygen atoms in total. The molecule has 0 bridgehead atoms. The van der Waals surface area contributed by atoms with E-state index in [1.54, 1.807) is 0 Å². The van der Waals surface area contributed by atoms with Crippen molar-refractivity contribution in [3.63, 3.8) is 0 Å². The first-order valence-electron chi connectivity index (χ1n) is 12.6. The van der Waals surface area contributed by atoms with E-state index in [2.05, 4.69) is 21.7 Å². The molecule has 1 aromatic heterocycles. The second kappa shape index (κ2) is 10.9. The van der Waals surface area contributed by atoms with Gasteiger partial charge in [-0.1, -0.05) is 31.2 Å².